The van der Waals surface area contributed by atoms with Crippen molar-refractivity contribution in [1.82, 2.24) is 5.32 Å². The number of hydrogen-bond acceptors (Lipinski definition) is 2. The maximum Gasteiger partial charge on any atom is 0.335 e. The highest BCUT2D eigenvalue weighted by molar-refractivity contribution is 5.93. The minimum absolute atomic E-state index is 0.159. The molecule has 1 aromatic carbocycles. The van der Waals surface area contributed by atoms with Gasteiger partial charge in [-0.05, 0) is 37.5 Å². The van der Waals surface area contributed by atoms with E-state index in [-0.39, 0.29) is 17.6 Å². The molecule has 1 aliphatic carbocycles. The van der Waals surface area contributed by atoms with Gasteiger partial charge < -0.3 is 15.7 Å². The standard InChI is InChI=1S/C12H14N2O3/c15-11(16)8-3-1-6-10(7-8)14-12(17)13-9-4-2-5-9/h1,3,6-7,9H,2,4-5H2,(H,15,16)(H2,13,14,17). The van der Waals surface area contributed by atoms with Crippen molar-refractivity contribution in [3.63, 3.8) is 0 Å². The number of carboxylic acids is 1. The van der Waals surface area contributed by atoms with Crippen LogP contribution < -0.4 is 10.6 Å². The predicted octanol–water partition coefficient (Wildman–Crippen LogP) is 2.06. The fourth-order valence-corrected chi connectivity index (χ4v) is 1.64. The predicted molar refractivity (Wildman–Crippen MR) is 63.2 cm³/mol. The number of urea groups is 1. The summed E-state index contributed by atoms with van der Waals surface area (Å²) in [5, 5.41) is 14.2. The number of amides is 2. The first-order valence-electron chi connectivity index (χ1n) is 5.56. The minimum atomic E-state index is -1.01. The Morgan fingerprint density at radius 3 is 2.65 bits per heavy atom. The molecule has 2 amide bonds. The van der Waals surface area contributed by atoms with Crippen LogP contribution >= 0.6 is 0 Å². The molecule has 0 bridgehead atoms. The molecule has 5 heteroatoms. The van der Waals surface area contributed by atoms with Gasteiger partial charge in [-0.15, -0.1) is 0 Å². The fraction of sp³-hybridized carbons (Fsp3) is 0.333. The van der Waals surface area contributed by atoms with Crippen LogP contribution in [0.5, 0.6) is 0 Å². The number of anilines is 1. The monoisotopic (exact) mass is 234 g/mol. The molecule has 0 unspecified atom stereocenters. The van der Waals surface area contributed by atoms with E-state index in [4.69, 9.17) is 5.11 Å². The Hall–Kier alpha value is -2.04. The van der Waals surface area contributed by atoms with Crippen LogP contribution in [0.15, 0.2) is 24.3 Å². The molecule has 0 aliphatic heterocycles. The number of rotatable bonds is 3. The zero-order valence-corrected chi connectivity index (χ0v) is 9.27. The quantitative estimate of drug-likeness (QED) is 0.749. The van der Waals surface area contributed by atoms with Crippen LogP contribution in [0.1, 0.15) is 29.6 Å². The lowest BCUT2D eigenvalue weighted by molar-refractivity contribution is 0.0697. The molecular formula is C12H14N2O3. The molecule has 1 fully saturated rings. The van der Waals surface area contributed by atoms with Crippen LogP contribution in [0, 0.1) is 0 Å². The maximum absolute atomic E-state index is 11.5. The van der Waals surface area contributed by atoms with Crippen molar-refractivity contribution in [2.24, 2.45) is 0 Å². The smallest absolute Gasteiger partial charge is 0.335 e. The van der Waals surface area contributed by atoms with Gasteiger partial charge in [0.25, 0.3) is 0 Å². The van der Waals surface area contributed by atoms with Gasteiger partial charge in [-0.25, -0.2) is 9.59 Å². The second-order valence-electron chi connectivity index (χ2n) is 4.11. The summed E-state index contributed by atoms with van der Waals surface area (Å²) < 4.78 is 0. The van der Waals surface area contributed by atoms with Crippen molar-refractivity contribution in [2.45, 2.75) is 25.3 Å². The molecule has 0 aromatic heterocycles. The molecule has 1 aliphatic rings. The van der Waals surface area contributed by atoms with Crippen LogP contribution in [-0.2, 0) is 0 Å². The van der Waals surface area contributed by atoms with Crippen LogP contribution in [-0.4, -0.2) is 23.1 Å². The Morgan fingerprint density at radius 2 is 2.06 bits per heavy atom. The molecule has 1 saturated carbocycles. The lowest BCUT2D eigenvalue weighted by Crippen LogP contribution is -2.41. The molecule has 0 atom stereocenters. The Balaban J connectivity index is 1.95. The number of carboxylic acid groups (broad SMARTS) is 1. The van der Waals surface area contributed by atoms with E-state index in [9.17, 15) is 9.59 Å². The average Bonchev–Trinajstić information content (AvgIpc) is 2.24. The molecule has 2 rings (SSSR count). The molecule has 5 nitrogen and oxygen atoms in total. The van der Waals surface area contributed by atoms with Gasteiger partial charge in [-0.1, -0.05) is 6.07 Å². The van der Waals surface area contributed by atoms with Crippen LogP contribution in [0.3, 0.4) is 0 Å². The number of carbonyl (C=O) groups excluding carboxylic acids is 1. The van der Waals surface area contributed by atoms with Gasteiger partial charge >= 0.3 is 12.0 Å². The summed E-state index contributed by atoms with van der Waals surface area (Å²) in [5.74, 6) is -1.01. The van der Waals surface area contributed by atoms with Gasteiger partial charge in [0.05, 0.1) is 5.56 Å². The van der Waals surface area contributed by atoms with Gasteiger partial charge in [0.1, 0.15) is 0 Å². The zero-order valence-electron chi connectivity index (χ0n) is 9.27. The Kier molecular flexibility index (Phi) is 3.27. The molecule has 0 spiro atoms. The molecule has 17 heavy (non-hydrogen) atoms. The third-order valence-corrected chi connectivity index (χ3v) is 2.81. The van der Waals surface area contributed by atoms with Crippen molar-refractivity contribution < 1.29 is 14.7 Å². The van der Waals surface area contributed by atoms with Crippen LogP contribution in [0.4, 0.5) is 10.5 Å². The second kappa shape index (κ2) is 4.86. The Morgan fingerprint density at radius 1 is 1.29 bits per heavy atom. The summed E-state index contributed by atoms with van der Waals surface area (Å²) in [6.45, 7) is 0. The molecule has 90 valence electrons. The van der Waals surface area contributed by atoms with Crippen LogP contribution in [0.25, 0.3) is 0 Å². The molecule has 1 aromatic rings. The number of benzene rings is 1. The largest absolute Gasteiger partial charge is 0.478 e. The molecule has 0 saturated heterocycles. The van der Waals surface area contributed by atoms with Crippen molar-refractivity contribution in [3.8, 4) is 0 Å². The topological polar surface area (TPSA) is 78.4 Å². The summed E-state index contributed by atoms with van der Waals surface area (Å²) in [5.41, 5.74) is 0.646. The highest BCUT2D eigenvalue weighted by Crippen LogP contribution is 2.18. The van der Waals surface area contributed by atoms with E-state index in [1.165, 1.54) is 12.1 Å². The molecule has 0 radical (unpaired) electrons. The normalized spacial score (nSPS) is 14.8. The van der Waals surface area contributed by atoms with Crippen molar-refractivity contribution in [3.05, 3.63) is 29.8 Å². The van der Waals surface area contributed by atoms with E-state index in [1.54, 1.807) is 12.1 Å². The zero-order chi connectivity index (χ0) is 12.3. The van der Waals surface area contributed by atoms with E-state index in [2.05, 4.69) is 10.6 Å². The maximum atomic E-state index is 11.5. The number of aromatic carboxylic acids is 1. The second-order valence-corrected chi connectivity index (χ2v) is 4.11. The average molecular weight is 234 g/mol. The third-order valence-electron chi connectivity index (χ3n) is 2.81. The molecule has 0 heterocycles. The SMILES string of the molecule is O=C(Nc1cccc(C(=O)O)c1)NC1CCC1. The van der Waals surface area contributed by atoms with Crippen molar-refractivity contribution in [1.29, 1.82) is 0 Å². The first-order valence-corrected chi connectivity index (χ1v) is 5.56. The van der Waals surface area contributed by atoms with E-state index < -0.39 is 5.97 Å². The highest BCUT2D eigenvalue weighted by atomic mass is 16.4. The van der Waals surface area contributed by atoms with Gasteiger partial charge in [0.15, 0.2) is 0 Å². The lowest BCUT2D eigenvalue weighted by Gasteiger charge is -2.26. The highest BCUT2D eigenvalue weighted by Gasteiger charge is 2.19. The van der Waals surface area contributed by atoms with Crippen LogP contribution in [0.2, 0.25) is 0 Å². The Bertz CT molecular complexity index is 441. The lowest BCUT2D eigenvalue weighted by atomic mass is 9.93. The number of nitrogens with one attached hydrogen (secondary N) is 2. The Labute approximate surface area is 98.8 Å². The van der Waals surface area contributed by atoms with Gasteiger partial charge in [-0.3, -0.25) is 0 Å². The van der Waals surface area contributed by atoms with E-state index in [0.717, 1.165) is 19.3 Å². The van der Waals surface area contributed by atoms with Crippen molar-refractivity contribution >= 4 is 17.7 Å². The molecule has 3 N–H and O–H groups in total. The minimum Gasteiger partial charge on any atom is -0.478 e. The third kappa shape index (κ3) is 2.96. The van der Waals surface area contributed by atoms with E-state index in [0.29, 0.717) is 5.69 Å². The summed E-state index contributed by atoms with van der Waals surface area (Å²) in [6.07, 6.45) is 3.19. The summed E-state index contributed by atoms with van der Waals surface area (Å²) in [6, 6.07) is 6.16. The van der Waals surface area contributed by atoms with Gasteiger partial charge in [-0.2, -0.15) is 0 Å². The molecular weight excluding hydrogens is 220 g/mol. The van der Waals surface area contributed by atoms with E-state index in [1.807, 2.05) is 0 Å². The van der Waals surface area contributed by atoms with E-state index >= 15 is 0 Å². The number of carbonyl (C=O) groups is 2. The fourth-order valence-electron chi connectivity index (χ4n) is 1.64. The first kappa shape index (κ1) is 11.4. The summed E-state index contributed by atoms with van der Waals surface area (Å²) >= 11 is 0. The number of hydrogen-bond donors (Lipinski definition) is 3. The van der Waals surface area contributed by atoms with Crippen molar-refractivity contribution in [2.75, 3.05) is 5.32 Å². The van der Waals surface area contributed by atoms with Gasteiger partial charge in [0, 0.05) is 11.7 Å². The van der Waals surface area contributed by atoms with Gasteiger partial charge in [0.2, 0.25) is 0 Å². The summed E-state index contributed by atoms with van der Waals surface area (Å²) in [4.78, 5) is 22.3. The summed E-state index contributed by atoms with van der Waals surface area (Å²) in [7, 11) is 0. The first-order chi connectivity index (χ1) is 8.15.